The molecule has 0 saturated carbocycles. The van der Waals surface area contributed by atoms with Crippen molar-refractivity contribution in [3.8, 4) is 11.4 Å². The third-order valence-electron chi connectivity index (χ3n) is 4.96. The van der Waals surface area contributed by atoms with Gasteiger partial charge in [0, 0.05) is 12.1 Å². The van der Waals surface area contributed by atoms with Crippen LogP contribution in [0.5, 0.6) is 5.75 Å². The first-order chi connectivity index (χ1) is 14.8. The summed E-state index contributed by atoms with van der Waals surface area (Å²) < 4.78 is 14.4. The van der Waals surface area contributed by atoms with Crippen LogP contribution < -0.4 is 4.74 Å². The van der Waals surface area contributed by atoms with E-state index in [2.05, 4.69) is 15.1 Å². The molecule has 1 aliphatic rings. The lowest BCUT2D eigenvalue weighted by Gasteiger charge is -2.33. The number of benzene rings is 2. The standard InChI is InChI=1S/C21H19N5O3S/c27-21(15-1-6-19-20(9-15)30-14-23-19)25-7-8-28-18(10-25)11-29-17-4-2-16(3-5-17)26-13-22-12-24-26/h1-6,9,12-14,18H,7-8,10-11H2. The maximum atomic E-state index is 12.9. The Bertz CT molecular complexity index is 1140. The molecule has 1 unspecified atom stereocenters. The van der Waals surface area contributed by atoms with E-state index >= 15 is 0 Å². The molecular formula is C21H19N5O3S. The molecule has 3 heterocycles. The molecule has 152 valence electrons. The zero-order valence-electron chi connectivity index (χ0n) is 16.0. The van der Waals surface area contributed by atoms with Crippen LogP contribution in [0.2, 0.25) is 0 Å². The van der Waals surface area contributed by atoms with Crippen molar-refractivity contribution in [2.75, 3.05) is 26.3 Å². The van der Waals surface area contributed by atoms with Gasteiger partial charge in [-0.05, 0) is 42.5 Å². The van der Waals surface area contributed by atoms with Gasteiger partial charge in [0.15, 0.2) is 0 Å². The second-order valence-corrected chi connectivity index (χ2v) is 7.81. The summed E-state index contributed by atoms with van der Waals surface area (Å²) >= 11 is 1.54. The van der Waals surface area contributed by atoms with Gasteiger partial charge in [0.1, 0.15) is 31.1 Å². The molecule has 8 nitrogen and oxygen atoms in total. The molecular weight excluding hydrogens is 402 g/mol. The third kappa shape index (κ3) is 3.89. The van der Waals surface area contributed by atoms with E-state index in [9.17, 15) is 4.79 Å². The van der Waals surface area contributed by atoms with Crippen LogP contribution in [-0.2, 0) is 4.74 Å². The number of carbonyl (C=O) groups excluding carboxylic acids is 1. The zero-order chi connectivity index (χ0) is 20.3. The monoisotopic (exact) mass is 421 g/mol. The molecule has 0 bridgehead atoms. The number of hydrogen-bond acceptors (Lipinski definition) is 7. The zero-order valence-corrected chi connectivity index (χ0v) is 16.9. The van der Waals surface area contributed by atoms with Crippen LogP contribution in [0.4, 0.5) is 0 Å². The van der Waals surface area contributed by atoms with Gasteiger partial charge >= 0.3 is 0 Å². The van der Waals surface area contributed by atoms with E-state index in [4.69, 9.17) is 9.47 Å². The maximum absolute atomic E-state index is 12.9. The highest BCUT2D eigenvalue weighted by atomic mass is 32.1. The van der Waals surface area contributed by atoms with Crippen LogP contribution in [0.3, 0.4) is 0 Å². The van der Waals surface area contributed by atoms with E-state index in [0.29, 0.717) is 31.9 Å². The number of nitrogens with zero attached hydrogens (tertiary/aromatic N) is 5. The summed E-state index contributed by atoms with van der Waals surface area (Å²) in [5.74, 6) is 0.748. The number of morpholine rings is 1. The van der Waals surface area contributed by atoms with E-state index in [1.54, 1.807) is 16.5 Å². The number of thiazole rings is 1. The number of hydrogen-bond donors (Lipinski definition) is 0. The highest BCUT2D eigenvalue weighted by Gasteiger charge is 2.26. The molecule has 4 aromatic rings. The minimum Gasteiger partial charge on any atom is -0.491 e. The van der Waals surface area contributed by atoms with Gasteiger partial charge in [0.25, 0.3) is 5.91 Å². The Morgan fingerprint density at radius 1 is 1.23 bits per heavy atom. The summed E-state index contributed by atoms with van der Waals surface area (Å²) in [6.45, 7) is 1.94. The number of carbonyl (C=O) groups is 1. The molecule has 2 aromatic heterocycles. The van der Waals surface area contributed by atoms with Crippen molar-refractivity contribution in [1.82, 2.24) is 24.6 Å². The Balaban J connectivity index is 1.19. The molecule has 0 aliphatic carbocycles. The van der Waals surface area contributed by atoms with Crippen molar-refractivity contribution in [2.24, 2.45) is 0 Å². The molecule has 1 amide bonds. The van der Waals surface area contributed by atoms with Crippen LogP contribution in [0.1, 0.15) is 10.4 Å². The maximum Gasteiger partial charge on any atom is 0.254 e. The smallest absolute Gasteiger partial charge is 0.254 e. The first kappa shape index (κ1) is 18.7. The first-order valence-corrected chi connectivity index (χ1v) is 10.5. The van der Waals surface area contributed by atoms with Gasteiger partial charge in [-0.2, -0.15) is 5.10 Å². The molecule has 1 aliphatic heterocycles. The van der Waals surface area contributed by atoms with Crippen LogP contribution >= 0.6 is 11.3 Å². The van der Waals surface area contributed by atoms with Crippen LogP contribution in [0.25, 0.3) is 15.9 Å². The summed E-state index contributed by atoms with van der Waals surface area (Å²) in [6, 6.07) is 13.2. The molecule has 9 heteroatoms. The average molecular weight is 421 g/mol. The van der Waals surface area contributed by atoms with Gasteiger partial charge in [-0.1, -0.05) is 0 Å². The minimum atomic E-state index is -0.176. The lowest BCUT2D eigenvalue weighted by Crippen LogP contribution is -2.47. The summed E-state index contributed by atoms with van der Waals surface area (Å²) in [4.78, 5) is 23.0. The molecule has 0 N–H and O–H groups in total. The lowest BCUT2D eigenvalue weighted by atomic mass is 10.1. The van der Waals surface area contributed by atoms with Crippen molar-refractivity contribution in [2.45, 2.75) is 6.10 Å². The predicted octanol–water partition coefficient (Wildman–Crippen LogP) is 2.80. The molecule has 1 saturated heterocycles. The summed E-state index contributed by atoms with van der Waals surface area (Å²) in [7, 11) is 0. The highest BCUT2D eigenvalue weighted by molar-refractivity contribution is 7.16. The SMILES string of the molecule is O=C(c1ccc2ncsc2c1)N1CCOC(COc2ccc(-n3cncn3)cc2)C1. The fourth-order valence-corrected chi connectivity index (χ4v) is 4.12. The van der Waals surface area contributed by atoms with Gasteiger partial charge in [0.2, 0.25) is 0 Å². The molecule has 0 radical (unpaired) electrons. The number of rotatable bonds is 5. The molecule has 1 fully saturated rings. The predicted molar refractivity (Wildman–Crippen MR) is 112 cm³/mol. The summed E-state index contributed by atoms with van der Waals surface area (Å²) in [6.07, 6.45) is 2.96. The molecule has 1 atom stereocenters. The van der Waals surface area contributed by atoms with Crippen LogP contribution in [-0.4, -0.2) is 63.0 Å². The van der Waals surface area contributed by atoms with Crippen molar-refractivity contribution in [3.05, 3.63) is 66.2 Å². The van der Waals surface area contributed by atoms with E-state index in [1.165, 1.54) is 17.7 Å². The highest BCUT2D eigenvalue weighted by Crippen LogP contribution is 2.21. The van der Waals surface area contributed by atoms with Crippen LogP contribution in [0, 0.1) is 0 Å². The molecule has 5 rings (SSSR count). The fraction of sp³-hybridized carbons (Fsp3) is 0.238. The van der Waals surface area contributed by atoms with Gasteiger partial charge in [-0.3, -0.25) is 4.79 Å². The molecule has 0 spiro atoms. The summed E-state index contributed by atoms with van der Waals surface area (Å²) in [5.41, 5.74) is 4.29. The Labute approximate surface area is 176 Å². The van der Waals surface area contributed by atoms with Crippen molar-refractivity contribution < 1.29 is 14.3 Å². The third-order valence-corrected chi connectivity index (χ3v) is 5.75. The first-order valence-electron chi connectivity index (χ1n) is 9.58. The van der Waals surface area contributed by atoms with Gasteiger partial charge in [0.05, 0.1) is 34.6 Å². The van der Waals surface area contributed by atoms with Crippen molar-refractivity contribution in [1.29, 1.82) is 0 Å². The molecule has 30 heavy (non-hydrogen) atoms. The lowest BCUT2D eigenvalue weighted by molar-refractivity contribution is -0.0401. The number of fused-ring (bicyclic) bond motifs is 1. The van der Waals surface area contributed by atoms with Crippen LogP contribution in [0.15, 0.2) is 60.6 Å². The van der Waals surface area contributed by atoms with Gasteiger partial charge < -0.3 is 14.4 Å². The Morgan fingerprint density at radius 2 is 2.13 bits per heavy atom. The minimum absolute atomic E-state index is 0.00999. The number of amides is 1. The topological polar surface area (TPSA) is 82.4 Å². The van der Waals surface area contributed by atoms with Gasteiger partial charge in [-0.15, -0.1) is 11.3 Å². The second-order valence-electron chi connectivity index (χ2n) is 6.92. The van der Waals surface area contributed by atoms with Gasteiger partial charge in [-0.25, -0.2) is 14.6 Å². The number of aromatic nitrogens is 4. The Kier molecular flexibility index (Phi) is 5.12. The largest absolute Gasteiger partial charge is 0.491 e. The Morgan fingerprint density at radius 3 is 2.97 bits per heavy atom. The number of ether oxygens (including phenoxy) is 2. The Hall–Kier alpha value is -3.30. The van der Waals surface area contributed by atoms with Crippen molar-refractivity contribution >= 4 is 27.5 Å². The normalized spacial score (nSPS) is 16.7. The van der Waals surface area contributed by atoms with E-state index in [0.717, 1.165) is 21.7 Å². The fourth-order valence-electron chi connectivity index (χ4n) is 3.40. The van der Waals surface area contributed by atoms with E-state index < -0.39 is 0 Å². The average Bonchev–Trinajstić information content (AvgIpc) is 3.49. The van der Waals surface area contributed by atoms with E-state index in [-0.39, 0.29) is 12.0 Å². The quantitative estimate of drug-likeness (QED) is 0.493. The summed E-state index contributed by atoms with van der Waals surface area (Å²) in [5, 5.41) is 4.10. The molecule has 2 aromatic carbocycles. The van der Waals surface area contributed by atoms with E-state index in [1.807, 2.05) is 47.4 Å². The van der Waals surface area contributed by atoms with Crippen molar-refractivity contribution in [3.63, 3.8) is 0 Å². The second kappa shape index (κ2) is 8.21.